The topological polar surface area (TPSA) is 43.6 Å². The second-order valence-corrected chi connectivity index (χ2v) is 14.4. The minimum absolute atomic E-state index is 0.642. The van der Waals surface area contributed by atoms with Crippen LogP contribution in [0.2, 0.25) is 0 Å². The number of fused-ring (bicyclic) bond motifs is 6. The molecular weight excluding hydrogens is 693 g/mol. The lowest BCUT2D eigenvalue weighted by atomic mass is 9.95. The molecule has 0 N–H and O–H groups in total. The molecule has 0 aliphatic heterocycles. The number of para-hydroxylation sites is 1. The van der Waals surface area contributed by atoms with Crippen molar-refractivity contribution < 1.29 is 0 Å². The van der Waals surface area contributed by atoms with Gasteiger partial charge in [-0.2, -0.15) is 0 Å². The van der Waals surface area contributed by atoms with Gasteiger partial charge in [0.05, 0.1) is 11.0 Å². The summed E-state index contributed by atoms with van der Waals surface area (Å²) >= 11 is 0. The molecule has 2 heterocycles. The lowest BCUT2D eigenvalue weighted by Crippen LogP contribution is -2.00. The van der Waals surface area contributed by atoms with Crippen molar-refractivity contribution in [3.05, 3.63) is 206 Å². The average molecular weight is 727 g/mol. The average Bonchev–Trinajstić information content (AvgIpc) is 3.63. The smallest absolute Gasteiger partial charge is 0.164 e. The Bertz CT molecular complexity index is 3260. The molecule has 0 aliphatic carbocycles. The summed E-state index contributed by atoms with van der Waals surface area (Å²) in [6, 6.07) is 72.9. The highest BCUT2D eigenvalue weighted by Crippen LogP contribution is 2.41. The Morgan fingerprint density at radius 2 is 0.789 bits per heavy atom. The summed E-state index contributed by atoms with van der Waals surface area (Å²) in [5, 5.41) is 7.31. The van der Waals surface area contributed by atoms with E-state index in [9.17, 15) is 0 Å². The standard InChI is InChI=1S/C53H34N4/c1-3-14-38(15-4-1)47-34-48-45-20-11-12-22-49(45)57(50(48)46-21-10-9-19-44(46)47)43-31-29-37(30-32-43)36-23-26-40(27-24-36)52-54-51(39-16-5-2-6-17-39)55-53(56-52)42-28-25-35-13-7-8-18-41(35)33-42/h1-34H. The normalized spacial score (nSPS) is 11.5. The summed E-state index contributed by atoms with van der Waals surface area (Å²) in [5.74, 6) is 1.94. The van der Waals surface area contributed by atoms with E-state index in [1.807, 2.05) is 30.3 Å². The summed E-state index contributed by atoms with van der Waals surface area (Å²) in [7, 11) is 0. The summed E-state index contributed by atoms with van der Waals surface area (Å²) in [5.41, 5.74) is 11.1. The number of hydrogen-bond donors (Lipinski definition) is 0. The van der Waals surface area contributed by atoms with E-state index in [2.05, 4.69) is 180 Å². The monoisotopic (exact) mass is 726 g/mol. The molecule has 4 nitrogen and oxygen atoms in total. The molecule has 0 saturated carbocycles. The van der Waals surface area contributed by atoms with E-state index in [1.165, 1.54) is 49.1 Å². The van der Waals surface area contributed by atoms with Gasteiger partial charge in [0.1, 0.15) is 0 Å². The third-order valence-electron chi connectivity index (χ3n) is 11.0. The van der Waals surface area contributed by atoms with Crippen LogP contribution in [0, 0.1) is 0 Å². The Labute approximate surface area is 330 Å². The predicted octanol–water partition coefficient (Wildman–Crippen LogP) is 13.6. The van der Waals surface area contributed by atoms with Gasteiger partial charge in [-0.25, -0.2) is 15.0 Å². The Morgan fingerprint density at radius 3 is 1.49 bits per heavy atom. The van der Waals surface area contributed by atoms with E-state index in [0.717, 1.165) is 38.9 Å². The molecule has 0 bridgehead atoms. The second-order valence-electron chi connectivity index (χ2n) is 14.4. The second kappa shape index (κ2) is 13.6. The van der Waals surface area contributed by atoms with Crippen LogP contribution in [0.25, 0.3) is 105 Å². The van der Waals surface area contributed by atoms with Gasteiger partial charge in [-0.1, -0.05) is 176 Å². The van der Waals surface area contributed by atoms with Crippen LogP contribution < -0.4 is 0 Å². The van der Waals surface area contributed by atoms with Crippen LogP contribution >= 0.6 is 0 Å². The van der Waals surface area contributed by atoms with Gasteiger partial charge in [-0.05, 0) is 68.7 Å². The number of hydrogen-bond acceptors (Lipinski definition) is 3. The zero-order valence-corrected chi connectivity index (χ0v) is 30.9. The van der Waals surface area contributed by atoms with E-state index in [4.69, 9.17) is 15.0 Å². The van der Waals surface area contributed by atoms with Crippen LogP contribution in [-0.2, 0) is 0 Å². The van der Waals surface area contributed by atoms with Gasteiger partial charge in [0.25, 0.3) is 0 Å². The fourth-order valence-electron chi connectivity index (χ4n) is 8.24. The van der Waals surface area contributed by atoms with E-state index in [0.29, 0.717) is 17.5 Å². The van der Waals surface area contributed by atoms with Crippen LogP contribution in [0.5, 0.6) is 0 Å². The van der Waals surface area contributed by atoms with Crippen LogP contribution in [-0.4, -0.2) is 19.5 Å². The Morgan fingerprint density at radius 1 is 0.298 bits per heavy atom. The summed E-state index contributed by atoms with van der Waals surface area (Å²) < 4.78 is 2.42. The fraction of sp³-hybridized carbons (Fsp3) is 0. The molecular formula is C53H34N4. The SMILES string of the molecule is c1ccc(-c2nc(-c3ccc(-c4ccc(-n5c6ccccc6c6cc(-c7ccccc7)c7ccccc7c65)cc4)cc3)nc(-c3ccc4ccccc4c3)n2)cc1. The van der Waals surface area contributed by atoms with Crippen molar-refractivity contribution >= 4 is 43.4 Å². The molecule has 2 aromatic heterocycles. The van der Waals surface area contributed by atoms with E-state index in [1.54, 1.807) is 0 Å². The fourth-order valence-corrected chi connectivity index (χ4v) is 8.24. The summed E-state index contributed by atoms with van der Waals surface area (Å²) in [6.07, 6.45) is 0. The molecule has 0 saturated heterocycles. The van der Waals surface area contributed by atoms with Crippen molar-refractivity contribution in [2.45, 2.75) is 0 Å². The van der Waals surface area contributed by atoms with Gasteiger partial charge in [0.2, 0.25) is 0 Å². The molecule has 11 aromatic rings. The van der Waals surface area contributed by atoms with Crippen molar-refractivity contribution in [3.8, 4) is 62.1 Å². The first-order valence-electron chi connectivity index (χ1n) is 19.3. The summed E-state index contributed by atoms with van der Waals surface area (Å²) in [4.78, 5) is 14.9. The molecule has 11 rings (SSSR count). The van der Waals surface area contributed by atoms with Crippen molar-refractivity contribution in [2.24, 2.45) is 0 Å². The van der Waals surface area contributed by atoms with E-state index < -0.39 is 0 Å². The highest BCUT2D eigenvalue weighted by atomic mass is 15.0. The van der Waals surface area contributed by atoms with E-state index >= 15 is 0 Å². The number of rotatable bonds is 6. The summed E-state index contributed by atoms with van der Waals surface area (Å²) in [6.45, 7) is 0. The maximum absolute atomic E-state index is 5.02. The molecule has 0 spiro atoms. The zero-order valence-electron chi connectivity index (χ0n) is 30.9. The molecule has 0 amide bonds. The molecule has 0 aliphatic rings. The minimum atomic E-state index is 0.642. The third-order valence-corrected chi connectivity index (χ3v) is 11.0. The van der Waals surface area contributed by atoms with Gasteiger partial charge in [0.15, 0.2) is 17.5 Å². The molecule has 57 heavy (non-hydrogen) atoms. The lowest BCUT2D eigenvalue weighted by molar-refractivity contribution is 1.07. The number of aromatic nitrogens is 4. The molecule has 9 aromatic carbocycles. The van der Waals surface area contributed by atoms with Gasteiger partial charge in [-0.15, -0.1) is 0 Å². The van der Waals surface area contributed by atoms with Crippen LogP contribution in [0.3, 0.4) is 0 Å². The first-order valence-corrected chi connectivity index (χ1v) is 19.3. The first kappa shape index (κ1) is 32.7. The highest BCUT2D eigenvalue weighted by Gasteiger charge is 2.18. The number of nitrogens with zero attached hydrogens (tertiary/aromatic N) is 4. The van der Waals surface area contributed by atoms with Crippen molar-refractivity contribution in [2.75, 3.05) is 0 Å². The Balaban J connectivity index is 0.977. The van der Waals surface area contributed by atoms with Gasteiger partial charge in [0, 0.05) is 38.5 Å². The number of benzene rings is 9. The van der Waals surface area contributed by atoms with Gasteiger partial charge >= 0.3 is 0 Å². The van der Waals surface area contributed by atoms with Crippen LogP contribution in [0.4, 0.5) is 0 Å². The molecule has 4 heteroatoms. The maximum atomic E-state index is 5.02. The Kier molecular flexibility index (Phi) is 7.78. The minimum Gasteiger partial charge on any atom is -0.309 e. The highest BCUT2D eigenvalue weighted by molar-refractivity contribution is 6.22. The van der Waals surface area contributed by atoms with Crippen LogP contribution in [0.15, 0.2) is 206 Å². The first-order chi connectivity index (χ1) is 28.2. The largest absolute Gasteiger partial charge is 0.309 e. The maximum Gasteiger partial charge on any atom is 0.164 e. The Hall–Kier alpha value is -7.69. The van der Waals surface area contributed by atoms with Crippen LogP contribution in [0.1, 0.15) is 0 Å². The van der Waals surface area contributed by atoms with Crippen molar-refractivity contribution in [1.82, 2.24) is 19.5 Å². The molecule has 266 valence electrons. The molecule has 0 radical (unpaired) electrons. The van der Waals surface area contributed by atoms with Gasteiger partial charge < -0.3 is 4.57 Å². The lowest BCUT2D eigenvalue weighted by Gasteiger charge is -2.13. The van der Waals surface area contributed by atoms with Crippen molar-refractivity contribution in [1.29, 1.82) is 0 Å². The zero-order chi connectivity index (χ0) is 37.7. The predicted molar refractivity (Wildman–Crippen MR) is 236 cm³/mol. The van der Waals surface area contributed by atoms with E-state index in [-0.39, 0.29) is 0 Å². The van der Waals surface area contributed by atoms with Crippen molar-refractivity contribution in [3.63, 3.8) is 0 Å². The molecule has 0 unspecified atom stereocenters. The molecule has 0 atom stereocenters. The molecule has 0 fully saturated rings. The van der Waals surface area contributed by atoms with Gasteiger partial charge in [-0.3, -0.25) is 0 Å². The third kappa shape index (κ3) is 5.74. The quantitative estimate of drug-likeness (QED) is 0.171.